The first-order valence-corrected chi connectivity index (χ1v) is 8.83. The number of nitrogens with one attached hydrogen (secondary N) is 1. The summed E-state index contributed by atoms with van der Waals surface area (Å²) in [6.07, 6.45) is 0. The summed E-state index contributed by atoms with van der Waals surface area (Å²) < 4.78 is 5.89. The van der Waals surface area contributed by atoms with E-state index in [0.717, 1.165) is 22.9 Å². The molecule has 0 fully saturated rings. The van der Waals surface area contributed by atoms with Gasteiger partial charge in [-0.3, -0.25) is 0 Å². The van der Waals surface area contributed by atoms with E-state index in [9.17, 15) is 0 Å². The molecule has 0 amide bonds. The number of hydrogen-bond donors (Lipinski definition) is 1. The van der Waals surface area contributed by atoms with E-state index >= 15 is 0 Å². The van der Waals surface area contributed by atoms with Crippen LogP contribution in [0.4, 0.5) is 0 Å². The highest BCUT2D eigenvalue weighted by atomic mass is 35.5. The van der Waals surface area contributed by atoms with E-state index < -0.39 is 0 Å². The fourth-order valence-electron chi connectivity index (χ4n) is 2.62. The van der Waals surface area contributed by atoms with Crippen molar-refractivity contribution < 1.29 is 4.74 Å². The second-order valence-electron chi connectivity index (χ2n) is 6.08. The Hall–Kier alpha value is -2.29. The van der Waals surface area contributed by atoms with Crippen molar-refractivity contribution in [3.63, 3.8) is 0 Å². The number of benzene rings is 3. The molecule has 0 aliphatic rings. The average molecular weight is 352 g/mol. The predicted molar refractivity (Wildman–Crippen MR) is 104 cm³/mol. The van der Waals surface area contributed by atoms with Crippen LogP contribution in [0, 0.1) is 0 Å². The van der Waals surface area contributed by atoms with E-state index in [0.29, 0.717) is 12.6 Å². The van der Waals surface area contributed by atoms with Crippen LogP contribution in [0.1, 0.15) is 29.7 Å². The third-order valence-electron chi connectivity index (χ3n) is 4.13. The SMILES string of the molecule is C[C@H](NCc1cccc(OCc2ccc(Cl)cc2)c1)c1ccccc1. The summed E-state index contributed by atoms with van der Waals surface area (Å²) in [6.45, 7) is 3.51. The summed E-state index contributed by atoms with van der Waals surface area (Å²) >= 11 is 5.91. The van der Waals surface area contributed by atoms with Crippen LogP contribution in [0.25, 0.3) is 0 Å². The van der Waals surface area contributed by atoms with Gasteiger partial charge in [0.05, 0.1) is 0 Å². The topological polar surface area (TPSA) is 21.3 Å². The van der Waals surface area contributed by atoms with Gasteiger partial charge in [-0.15, -0.1) is 0 Å². The molecule has 3 rings (SSSR count). The Bertz CT molecular complexity index is 787. The fourth-order valence-corrected chi connectivity index (χ4v) is 2.75. The van der Waals surface area contributed by atoms with Gasteiger partial charge in [0, 0.05) is 17.6 Å². The minimum absolute atomic E-state index is 0.305. The van der Waals surface area contributed by atoms with Crippen LogP contribution in [0.15, 0.2) is 78.9 Å². The molecular weight excluding hydrogens is 330 g/mol. The maximum atomic E-state index is 5.91. The van der Waals surface area contributed by atoms with Gasteiger partial charge in [-0.2, -0.15) is 0 Å². The minimum Gasteiger partial charge on any atom is -0.489 e. The van der Waals surface area contributed by atoms with E-state index in [1.165, 1.54) is 11.1 Å². The molecule has 128 valence electrons. The summed E-state index contributed by atoms with van der Waals surface area (Å²) in [5.41, 5.74) is 3.60. The standard InChI is InChI=1S/C22H22ClNO/c1-17(20-7-3-2-4-8-20)24-15-19-6-5-9-22(14-19)25-16-18-10-12-21(23)13-11-18/h2-14,17,24H,15-16H2,1H3/t17-/m0/s1. The monoisotopic (exact) mass is 351 g/mol. The van der Waals surface area contributed by atoms with Crippen molar-refractivity contribution >= 4 is 11.6 Å². The number of rotatable bonds is 7. The van der Waals surface area contributed by atoms with Crippen LogP contribution in [0.2, 0.25) is 5.02 Å². The molecule has 3 aromatic rings. The molecule has 0 heterocycles. The second kappa shape index (κ2) is 8.70. The van der Waals surface area contributed by atoms with E-state index in [1.54, 1.807) is 0 Å². The van der Waals surface area contributed by atoms with Crippen LogP contribution >= 0.6 is 11.6 Å². The van der Waals surface area contributed by atoms with Gasteiger partial charge >= 0.3 is 0 Å². The Balaban J connectivity index is 1.55. The highest BCUT2D eigenvalue weighted by Gasteiger charge is 2.04. The quantitative estimate of drug-likeness (QED) is 0.583. The molecule has 0 saturated carbocycles. The third kappa shape index (κ3) is 5.35. The summed E-state index contributed by atoms with van der Waals surface area (Å²) in [4.78, 5) is 0. The Morgan fingerprint density at radius 1 is 0.880 bits per heavy atom. The van der Waals surface area contributed by atoms with Crippen molar-refractivity contribution in [3.8, 4) is 5.75 Å². The number of halogens is 1. The lowest BCUT2D eigenvalue weighted by Crippen LogP contribution is -2.17. The van der Waals surface area contributed by atoms with Gasteiger partial charge < -0.3 is 10.1 Å². The van der Waals surface area contributed by atoms with E-state index in [4.69, 9.17) is 16.3 Å². The normalized spacial score (nSPS) is 11.9. The highest BCUT2D eigenvalue weighted by molar-refractivity contribution is 6.30. The van der Waals surface area contributed by atoms with Crippen molar-refractivity contribution in [2.45, 2.75) is 26.1 Å². The van der Waals surface area contributed by atoms with Crippen LogP contribution in [0.3, 0.4) is 0 Å². The first kappa shape index (κ1) is 17.5. The third-order valence-corrected chi connectivity index (χ3v) is 4.38. The molecule has 2 nitrogen and oxygen atoms in total. The van der Waals surface area contributed by atoms with Crippen LogP contribution in [-0.4, -0.2) is 0 Å². The summed E-state index contributed by atoms with van der Waals surface area (Å²) in [6, 6.07) is 26.7. The molecule has 1 N–H and O–H groups in total. The van der Waals surface area contributed by atoms with E-state index in [1.807, 2.05) is 42.5 Å². The van der Waals surface area contributed by atoms with Crippen LogP contribution in [-0.2, 0) is 13.2 Å². The molecule has 0 aliphatic carbocycles. The molecule has 3 heteroatoms. The highest BCUT2D eigenvalue weighted by Crippen LogP contribution is 2.18. The summed E-state index contributed by atoms with van der Waals surface area (Å²) in [7, 11) is 0. The van der Waals surface area contributed by atoms with Crippen molar-refractivity contribution in [1.29, 1.82) is 0 Å². The summed E-state index contributed by atoms with van der Waals surface area (Å²) in [5, 5.41) is 4.29. The lowest BCUT2D eigenvalue weighted by atomic mass is 10.1. The number of ether oxygens (including phenoxy) is 1. The molecule has 0 saturated heterocycles. The Labute approximate surface area is 154 Å². The molecule has 3 aromatic carbocycles. The maximum Gasteiger partial charge on any atom is 0.120 e. The van der Waals surface area contributed by atoms with Gasteiger partial charge in [0.1, 0.15) is 12.4 Å². The van der Waals surface area contributed by atoms with Crippen molar-refractivity contribution in [2.24, 2.45) is 0 Å². The van der Waals surface area contributed by atoms with E-state index in [2.05, 4.69) is 48.6 Å². The van der Waals surface area contributed by atoms with E-state index in [-0.39, 0.29) is 0 Å². The second-order valence-corrected chi connectivity index (χ2v) is 6.51. The molecular formula is C22H22ClNO. The molecule has 1 atom stereocenters. The molecule has 0 unspecified atom stereocenters. The van der Waals surface area contributed by atoms with Gasteiger partial charge in [0.25, 0.3) is 0 Å². The Morgan fingerprint density at radius 2 is 1.64 bits per heavy atom. The lowest BCUT2D eigenvalue weighted by molar-refractivity contribution is 0.306. The molecule has 0 aromatic heterocycles. The lowest BCUT2D eigenvalue weighted by Gasteiger charge is -2.15. The minimum atomic E-state index is 0.305. The zero-order chi connectivity index (χ0) is 17.5. The van der Waals surface area contributed by atoms with Crippen LogP contribution in [0.5, 0.6) is 5.75 Å². The van der Waals surface area contributed by atoms with Crippen LogP contribution < -0.4 is 10.1 Å². The molecule has 0 radical (unpaired) electrons. The zero-order valence-corrected chi connectivity index (χ0v) is 15.0. The van der Waals surface area contributed by atoms with Crippen molar-refractivity contribution in [1.82, 2.24) is 5.32 Å². The van der Waals surface area contributed by atoms with Gasteiger partial charge in [-0.25, -0.2) is 0 Å². The molecule has 0 aliphatic heterocycles. The zero-order valence-electron chi connectivity index (χ0n) is 14.3. The Kier molecular flexibility index (Phi) is 6.10. The first-order chi connectivity index (χ1) is 12.2. The molecule has 0 spiro atoms. The van der Waals surface area contributed by atoms with Gasteiger partial charge in [0.15, 0.2) is 0 Å². The van der Waals surface area contributed by atoms with Crippen molar-refractivity contribution in [2.75, 3.05) is 0 Å². The maximum absolute atomic E-state index is 5.91. The predicted octanol–water partition coefficient (Wildman–Crippen LogP) is 5.77. The molecule has 0 bridgehead atoms. The summed E-state index contributed by atoms with van der Waals surface area (Å²) in [5.74, 6) is 0.876. The van der Waals surface area contributed by atoms with Crippen molar-refractivity contribution in [3.05, 3.63) is 101 Å². The largest absolute Gasteiger partial charge is 0.489 e. The average Bonchev–Trinajstić information content (AvgIpc) is 2.67. The smallest absolute Gasteiger partial charge is 0.120 e. The van der Waals surface area contributed by atoms with Gasteiger partial charge in [0.2, 0.25) is 0 Å². The Morgan fingerprint density at radius 3 is 2.40 bits per heavy atom. The molecule has 25 heavy (non-hydrogen) atoms. The van der Waals surface area contributed by atoms with Gasteiger partial charge in [-0.05, 0) is 47.9 Å². The van der Waals surface area contributed by atoms with Gasteiger partial charge in [-0.1, -0.05) is 66.2 Å². The first-order valence-electron chi connectivity index (χ1n) is 8.45. The number of hydrogen-bond acceptors (Lipinski definition) is 2. The fraction of sp³-hybridized carbons (Fsp3) is 0.182.